The molecule has 1 atom stereocenters. The summed E-state index contributed by atoms with van der Waals surface area (Å²) in [6.45, 7) is 0. The minimum atomic E-state index is -4.42. The lowest BCUT2D eigenvalue weighted by Gasteiger charge is -2.22. The molecule has 94 valence electrons. The van der Waals surface area contributed by atoms with Gasteiger partial charge < -0.3 is 5.32 Å². The molecule has 1 N–H and O–H groups in total. The molecule has 0 fully saturated rings. The van der Waals surface area contributed by atoms with Crippen LogP contribution in [0.15, 0.2) is 48.9 Å². The topological polar surface area (TPSA) is 37.8 Å². The molecule has 2 rings (SSSR count). The monoisotopic (exact) mass is 253 g/mol. The Morgan fingerprint density at radius 1 is 1.00 bits per heavy atom. The molecule has 2 aromatic rings. The number of pyridine rings is 2. The molecule has 0 aliphatic carbocycles. The molecule has 18 heavy (non-hydrogen) atoms. The number of hydrogen-bond acceptors (Lipinski definition) is 3. The maximum absolute atomic E-state index is 13.0. The second-order valence-electron chi connectivity index (χ2n) is 3.61. The molecular weight excluding hydrogens is 243 g/mol. The van der Waals surface area contributed by atoms with Crippen LogP contribution in [0.2, 0.25) is 0 Å². The Morgan fingerprint density at radius 3 is 2.28 bits per heavy atom. The summed E-state index contributed by atoms with van der Waals surface area (Å²) < 4.78 is 38.9. The Balaban J connectivity index is 2.28. The van der Waals surface area contributed by atoms with Crippen molar-refractivity contribution in [3.8, 4) is 0 Å². The summed E-state index contributed by atoms with van der Waals surface area (Å²) in [6, 6.07) is 5.55. The van der Waals surface area contributed by atoms with Gasteiger partial charge in [0.25, 0.3) is 0 Å². The third-order valence-corrected chi connectivity index (χ3v) is 2.30. The first-order chi connectivity index (χ1) is 8.57. The largest absolute Gasteiger partial charge is 0.414 e. The first kappa shape index (κ1) is 12.3. The van der Waals surface area contributed by atoms with E-state index in [0.29, 0.717) is 5.69 Å². The van der Waals surface area contributed by atoms with Crippen molar-refractivity contribution >= 4 is 5.69 Å². The Labute approximate surface area is 102 Å². The average Bonchev–Trinajstić information content (AvgIpc) is 2.37. The van der Waals surface area contributed by atoms with Crippen LogP contribution in [0.5, 0.6) is 0 Å². The van der Waals surface area contributed by atoms with Crippen LogP contribution >= 0.6 is 0 Å². The number of halogens is 3. The fourth-order valence-electron chi connectivity index (χ4n) is 1.48. The highest BCUT2D eigenvalue weighted by Crippen LogP contribution is 2.34. The molecule has 2 aromatic heterocycles. The standard InChI is InChI=1S/C12H10F3N3/c13-12(14,15)11(10-3-1-2-6-17-10)18-9-4-7-16-8-5-9/h1-8,11H,(H,16,18). The van der Waals surface area contributed by atoms with Crippen LogP contribution in [0, 0.1) is 0 Å². The highest BCUT2D eigenvalue weighted by molar-refractivity contribution is 5.43. The van der Waals surface area contributed by atoms with Gasteiger partial charge in [0, 0.05) is 24.3 Å². The highest BCUT2D eigenvalue weighted by Gasteiger charge is 2.41. The zero-order chi connectivity index (χ0) is 13.0. The van der Waals surface area contributed by atoms with Crippen LogP contribution in [-0.2, 0) is 0 Å². The van der Waals surface area contributed by atoms with Crippen LogP contribution in [0.1, 0.15) is 11.7 Å². The van der Waals surface area contributed by atoms with Crippen molar-refractivity contribution in [1.82, 2.24) is 9.97 Å². The fraction of sp³-hybridized carbons (Fsp3) is 0.167. The van der Waals surface area contributed by atoms with Crippen molar-refractivity contribution in [3.05, 3.63) is 54.6 Å². The molecule has 0 spiro atoms. The van der Waals surface area contributed by atoms with Gasteiger partial charge in [-0.1, -0.05) is 6.07 Å². The summed E-state index contributed by atoms with van der Waals surface area (Å²) in [7, 11) is 0. The van der Waals surface area contributed by atoms with Crippen molar-refractivity contribution in [2.45, 2.75) is 12.2 Å². The SMILES string of the molecule is FC(F)(F)C(Nc1ccncc1)c1ccccn1. The lowest BCUT2D eigenvalue weighted by atomic mass is 10.1. The summed E-state index contributed by atoms with van der Waals surface area (Å²) in [5.41, 5.74) is 0.278. The van der Waals surface area contributed by atoms with Gasteiger partial charge in [-0.3, -0.25) is 9.97 Å². The third kappa shape index (κ3) is 2.97. The van der Waals surface area contributed by atoms with E-state index in [0.717, 1.165) is 0 Å². The minimum Gasteiger partial charge on any atom is -0.369 e. The van der Waals surface area contributed by atoms with E-state index in [1.54, 1.807) is 6.07 Å². The molecule has 2 heterocycles. The van der Waals surface area contributed by atoms with Crippen LogP contribution in [0.3, 0.4) is 0 Å². The lowest BCUT2D eigenvalue weighted by molar-refractivity contribution is -0.144. The molecule has 0 saturated heterocycles. The van der Waals surface area contributed by atoms with Gasteiger partial charge in [0.1, 0.15) is 0 Å². The van der Waals surface area contributed by atoms with Crippen molar-refractivity contribution in [3.63, 3.8) is 0 Å². The highest BCUT2D eigenvalue weighted by atomic mass is 19.4. The van der Waals surface area contributed by atoms with Gasteiger partial charge in [-0.15, -0.1) is 0 Å². The second kappa shape index (κ2) is 5.03. The van der Waals surface area contributed by atoms with E-state index in [1.807, 2.05) is 0 Å². The predicted octanol–water partition coefficient (Wildman–Crippen LogP) is 3.19. The summed E-state index contributed by atoms with van der Waals surface area (Å²) in [5.74, 6) is 0. The summed E-state index contributed by atoms with van der Waals surface area (Å²) in [6.07, 6.45) is -0.234. The molecule has 1 unspecified atom stereocenters. The average molecular weight is 253 g/mol. The molecule has 0 aliphatic rings. The van der Waals surface area contributed by atoms with E-state index in [1.165, 1.54) is 42.9 Å². The molecule has 0 radical (unpaired) electrons. The normalized spacial score (nSPS) is 13.1. The van der Waals surface area contributed by atoms with Gasteiger partial charge in [0.15, 0.2) is 6.04 Å². The summed E-state index contributed by atoms with van der Waals surface area (Å²) >= 11 is 0. The number of nitrogens with zero attached hydrogens (tertiary/aromatic N) is 2. The van der Waals surface area contributed by atoms with Gasteiger partial charge >= 0.3 is 6.18 Å². The van der Waals surface area contributed by atoms with Gasteiger partial charge in [0.2, 0.25) is 0 Å². The van der Waals surface area contributed by atoms with E-state index in [-0.39, 0.29) is 5.69 Å². The number of hydrogen-bond donors (Lipinski definition) is 1. The quantitative estimate of drug-likeness (QED) is 0.912. The molecule has 6 heteroatoms. The molecule has 0 aliphatic heterocycles. The predicted molar refractivity (Wildman–Crippen MR) is 60.9 cm³/mol. The molecule has 0 aromatic carbocycles. The van der Waals surface area contributed by atoms with Crippen LogP contribution in [-0.4, -0.2) is 16.1 Å². The Hall–Kier alpha value is -2.11. The summed E-state index contributed by atoms with van der Waals surface area (Å²) in [4.78, 5) is 7.49. The van der Waals surface area contributed by atoms with E-state index in [9.17, 15) is 13.2 Å². The van der Waals surface area contributed by atoms with Crippen molar-refractivity contribution < 1.29 is 13.2 Å². The molecule has 0 saturated carbocycles. The smallest absolute Gasteiger partial charge is 0.369 e. The maximum atomic E-state index is 13.0. The molecule has 0 amide bonds. The van der Waals surface area contributed by atoms with E-state index < -0.39 is 12.2 Å². The number of nitrogens with one attached hydrogen (secondary N) is 1. The van der Waals surface area contributed by atoms with Crippen molar-refractivity contribution in [2.75, 3.05) is 5.32 Å². The second-order valence-corrected chi connectivity index (χ2v) is 3.61. The van der Waals surface area contributed by atoms with Crippen LogP contribution < -0.4 is 5.32 Å². The first-order valence-corrected chi connectivity index (χ1v) is 5.21. The first-order valence-electron chi connectivity index (χ1n) is 5.21. The Kier molecular flexibility index (Phi) is 3.45. The van der Waals surface area contributed by atoms with Crippen LogP contribution in [0.4, 0.5) is 18.9 Å². The Bertz CT molecular complexity index is 485. The number of alkyl halides is 3. The summed E-state index contributed by atoms with van der Waals surface area (Å²) in [5, 5.41) is 2.41. The minimum absolute atomic E-state index is 0.0678. The van der Waals surface area contributed by atoms with Gasteiger partial charge in [-0.2, -0.15) is 13.2 Å². The van der Waals surface area contributed by atoms with Gasteiger partial charge in [-0.05, 0) is 24.3 Å². The zero-order valence-corrected chi connectivity index (χ0v) is 9.22. The number of anilines is 1. The lowest BCUT2D eigenvalue weighted by Crippen LogP contribution is -2.28. The zero-order valence-electron chi connectivity index (χ0n) is 9.22. The Morgan fingerprint density at radius 2 is 1.72 bits per heavy atom. The van der Waals surface area contributed by atoms with E-state index in [4.69, 9.17) is 0 Å². The van der Waals surface area contributed by atoms with E-state index >= 15 is 0 Å². The van der Waals surface area contributed by atoms with E-state index in [2.05, 4.69) is 15.3 Å². The van der Waals surface area contributed by atoms with Crippen LogP contribution in [0.25, 0.3) is 0 Å². The third-order valence-electron chi connectivity index (χ3n) is 2.30. The number of rotatable bonds is 3. The molecule has 0 bridgehead atoms. The maximum Gasteiger partial charge on any atom is 0.414 e. The molecular formula is C12H10F3N3. The van der Waals surface area contributed by atoms with Gasteiger partial charge in [0.05, 0.1) is 5.69 Å². The van der Waals surface area contributed by atoms with Crippen molar-refractivity contribution in [2.24, 2.45) is 0 Å². The molecule has 3 nitrogen and oxygen atoms in total. The number of aromatic nitrogens is 2. The van der Waals surface area contributed by atoms with Crippen molar-refractivity contribution in [1.29, 1.82) is 0 Å². The van der Waals surface area contributed by atoms with Gasteiger partial charge in [-0.25, -0.2) is 0 Å². The fourth-order valence-corrected chi connectivity index (χ4v) is 1.48.